The van der Waals surface area contributed by atoms with E-state index in [0.29, 0.717) is 26.2 Å². The number of esters is 1. The Morgan fingerprint density at radius 2 is 1.32 bits per heavy atom. The van der Waals surface area contributed by atoms with Crippen molar-refractivity contribution in [2.24, 2.45) is 0 Å². The minimum Gasteiger partial charge on any atom is -0.534 e. The second-order valence-corrected chi connectivity index (χ2v) is 5.35. The molecule has 1 rings (SSSR count). The van der Waals surface area contributed by atoms with Gasteiger partial charge in [-0.05, 0) is 19.3 Å². The highest BCUT2D eigenvalue weighted by Crippen LogP contribution is 2.11. The number of carbonyl (C=O) groups is 1. The lowest BCUT2D eigenvalue weighted by molar-refractivity contribution is -0.795. The SMILES string of the molecule is O=C1CCCCCCCCCC[O+]([O-])CCCCO1. The lowest BCUT2D eigenvalue weighted by Gasteiger charge is -2.20. The molecule has 1 fully saturated rings. The summed E-state index contributed by atoms with van der Waals surface area (Å²) in [5.74, 6) is -0.0871. The predicted molar refractivity (Wildman–Crippen MR) is 72.6 cm³/mol. The van der Waals surface area contributed by atoms with E-state index in [1.165, 1.54) is 25.7 Å². The Labute approximate surface area is 116 Å². The van der Waals surface area contributed by atoms with E-state index in [-0.39, 0.29) is 5.97 Å². The van der Waals surface area contributed by atoms with Crippen molar-refractivity contribution >= 4 is 5.97 Å². The molecule has 4 nitrogen and oxygen atoms in total. The molecule has 1 aliphatic heterocycles. The van der Waals surface area contributed by atoms with Gasteiger partial charge in [0.05, 0.1) is 6.61 Å². The number of rotatable bonds is 0. The summed E-state index contributed by atoms with van der Waals surface area (Å²) in [6, 6.07) is 0. The maximum absolute atomic E-state index is 11.4. The first-order chi connectivity index (χ1) is 9.29. The second-order valence-electron chi connectivity index (χ2n) is 5.35. The third-order valence-electron chi connectivity index (χ3n) is 3.53. The van der Waals surface area contributed by atoms with Gasteiger partial charge in [-0.25, -0.2) is 0 Å². The Bertz CT molecular complexity index is 230. The van der Waals surface area contributed by atoms with Crippen LogP contribution in [0.2, 0.25) is 0 Å². The van der Waals surface area contributed by atoms with Gasteiger partial charge >= 0.3 is 5.97 Å². The summed E-state index contributed by atoms with van der Waals surface area (Å²) in [4.78, 5) is 11.4. The third-order valence-corrected chi connectivity index (χ3v) is 3.53. The van der Waals surface area contributed by atoms with Gasteiger partial charge in [0, 0.05) is 19.3 Å². The largest absolute Gasteiger partial charge is 0.534 e. The standard InChI is InChI=1S/C15H28O4/c16-15-11-7-5-3-1-2-4-6-9-13-19(17)14-10-8-12-18-15/h1-14H2. The van der Waals surface area contributed by atoms with E-state index in [1.807, 2.05) is 4.52 Å². The molecule has 4 heteroatoms. The fraction of sp³-hybridized carbons (Fsp3) is 0.933. The van der Waals surface area contributed by atoms with Crippen molar-refractivity contribution in [2.45, 2.75) is 70.6 Å². The van der Waals surface area contributed by atoms with Crippen LogP contribution in [-0.4, -0.2) is 25.8 Å². The zero-order valence-electron chi connectivity index (χ0n) is 12.0. The van der Waals surface area contributed by atoms with Crippen LogP contribution >= 0.6 is 0 Å². The predicted octanol–water partition coefficient (Wildman–Crippen LogP) is 2.66. The van der Waals surface area contributed by atoms with E-state index in [2.05, 4.69) is 0 Å². The van der Waals surface area contributed by atoms with Gasteiger partial charge in [0.2, 0.25) is 0 Å². The summed E-state index contributed by atoms with van der Waals surface area (Å²) >= 11 is 0. The molecule has 0 aliphatic carbocycles. The van der Waals surface area contributed by atoms with Crippen molar-refractivity contribution in [3.63, 3.8) is 0 Å². The van der Waals surface area contributed by atoms with Crippen LogP contribution in [0, 0.1) is 0 Å². The molecule has 0 unspecified atom stereocenters. The smallest absolute Gasteiger partial charge is 0.305 e. The second kappa shape index (κ2) is 11.2. The quantitative estimate of drug-likeness (QED) is 0.387. The van der Waals surface area contributed by atoms with Crippen LogP contribution in [0.3, 0.4) is 0 Å². The Kier molecular flexibility index (Phi) is 9.72. The Hall–Kier alpha value is -0.610. The third kappa shape index (κ3) is 9.91. The fourth-order valence-corrected chi connectivity index (χ4v) is 2.32. The van der Waals surface area contributed by atoms with Crippen molar-refractivity contribution in [2.75, 3.05) is 19.8 Å². The summed E-state index contributed by atoms with van der Waals surface area (Å²) in [7, 11) is 0. The molecule has 112 valence electrons. The van der Waals surface area contributed by atoms with Gasteiger partial charge in [-0.15, -0.1) is 0 Å². The van der Waals surface area contributed by atoms with E-state index in [1.54, 1.807) is 0 Å². The molecule has 0 aromatic heterocycles. The first-order valence-corrected chi connectivity index (χ1v) is 7.79. The lowest BCUT2D eigenvalue weighted by Crippen LogP contribution is -2.28. The Morgan fingerprint density at radius 3 is 2.00 bits per heavy atom. The maximum atomic E-state index is 11.4. The minimum atomic E-state index is -0.0871. The Balaban J connectivity index is 2.19. The van der Waals surface area contributed by atoms with Gasteiger partial charge < -0.3 is 14.5 Å². The van der Waals surface area contributed by atoms with Crippen LogP contribution < -0.4 is 5.26 Å². The van der Waals surface area contributed by atoms with E-state index < -0.39 is 0 Å². The van der Waals surface area contributed by atoms with Crippen molar-refractivity contribution in [3.8, 4) is 0 Å². The number of cyclic esters (lactones) is 1. The molecule has 0 bridgehead atoms. The average molecular weight is 272 g/mol. The lowest BCUT2D eigenvalue weighted by atomic mass is 10.1. The monoisotopic (exact) mass is 272 g/mol. The first kappa shape index (κ1) is 16.4. The Morgan fingerprint density at radius 1 is 0.789 bits per heavy atom. The summed E-state index contributed by atoms with van der Waals surface area (Å²) in [6.45, 7) is 1.50. The fourth-order valence-electron chi connectivity index (χ4n) is 2.32. The molecule has 19 heavy (non-hydrogen) atoms. The van der Waals surface area contributed by atoms with Gasteiger partial charge in [-0.2, -0.15) is 0 Å². The van der Waals surface area contributed by atoms with E-state index in [0.717, 1.165) is 38.5 Å². The van der Waals surface area contributed by atoms with Crippen LogP contribution in [0.1, 0.15) is 70.6 Å². The number of hydrogen-bond donors (Lipinski definition) is 0. The topological polar surface area (TPSA) is 52.1 Å². The highest BCUT2D eigenvalue weighted by atomic mass is 17.2. The summed E-state index contributed by atoms with van der Waals surface area (Å²) in [5.41, 5.74) is 0. The average Bonchev–Trinajstić information content (AvgIpc) is 2.39. The highest BCUT2D eigenvalue weighted by molar-refractivity contribution is 5.69. The minimum absolute atomic E-state index is 0.0871. The molecule has 0 N–H and O–H groups in total. The molecule has 1 saturated heterocycles. The molecule has 0 saturated carbocycles. The normalized spacial score (nSPS) is 23.5. The number of hydrogen-bond acceptors (Lipinski definition) is 3. The van der Waals surface area contributed by atoms with E-state index in [9.17, 15) is 10.1 Å². The zero-order valence-corrected chi connectivity index (χ0v) is 12.0. The van der Waals surface area contributed by atoms with Crippen LogP contribution in [-0.2, 0) is 14.0 Å². The zero-order chi connectivity index (χ0) is 13.8. The van der Waals surface area contributed by atoms with Crippen LogP contribution in [0.25, 0.3) is 0 Å². The van der Waals surface area contributed by atoms with Crippen molar-refractivity contribution in [1.82, 2.24) is 0 Å². The molecule has 1 heterocycles. The number of carbonyl (C=O) groups excluding carboxylic acids is 1. The molecule has 0 amide bonds. The first-order valence-electron chi connectivity index (χ1n) is 7.79. The van der Waals surface area contributed by atoms with Crippen LogP contribution in [0.4, 0.5) is 0 Å². The van der Waals surface area contributed by atoms with Crippen molar-refractivity contribution < 1.29 is 19.3 Å². The molecule has 0 aromatic carbocycles. The number of ether oxygens (including phenoxy) is 1. The van der Waals surface area contributed by atoms with E-state index >= 15 is 0 Å². The molecule has 0 aromatic rings. The van der Waals surface area contributed by atoms with Crippen molar-refractivity contribution in [1.29, 1.82) is 0 Å². The van der Waals surface area contributed by atoms with Crippen LogP contribution in [0.15, 0.2) is 0 Å². The molecule has 0 spiro atoms. The molecular weight excluding hydrogens is 244 g/mol. The van der Waals surface area contributed by atoms with Gasteiger partial charge in [0.1, 0.15) is 0 Å². The highest BCUT2D eigenvalue weighted by Gasteiger charge is 2.05. The van der Waals surface area contributed by atoms with Crippen molar-refractivity contribution in [3.05, 3.63) is 0 Å². The van der Waals surface area contributed by atoms with Gasteiger partial charge in [-0.3, -0.25) is 4.79 Å². The molecule has 1 aliphatic rings. The summed E-state index contributed by atoms with van der Waals surface area (Å²) in [6.07, 6.45) is 11.2. The van der Waals surface area contributed by atoms with Gasteiger partial charge in [-0.1, -0.05) is 32.1 Å². The van der Waals surface area contributed by atoms with Gasteiger partial charge in [0.25, 0.3) is 0 Å². The van der Waals surface area contributed by atoms with Crippen LogP contribution in [0.5, 0.6) is 0 Å². The van der Waals surface area contributed by atoms with Gasteiger partial charge in [0.15, 0.2) is 13.2 Å². The molecular formula is C15H28O4. The van der Waals surface area contributed by atoms with E-state index in [4.69, 9.17) is 4.74 Å². The molecule has 0 atom stereocenters. The maximum Gasteiger partial charge on any atom is 0.305 e. The molecule has 0 radical (unpaired) electrons. The summed E-state index contributed by atoms with van der Waals surface area (Å²) in [5, 5.41) is 11.4. The summed E-state index contributed by atoms with van der Waals surface area (Å²) < 4.78 is 7.07.